The van der Waals surface area contributed by atoms with Crippen LogP contribution in [-0.4, -0.2) is 66.0 Å². The number of likely N-dealkylation sites (N-methyl/N-ethyl adjacent to an activating group) is 1. The van der Waals surface area contributed by atoms with Crippen molar-refractivity contribution in [3.05, 3.63) is 35.9 Å². The van der Waals surface area contributed by atoms with Crippen molar-refractivity contribution in [3.63, 3.8) is 0 Å². The van der Waals surface area contributed by atoms with Crippen LogP contribution in [0.2, 0.25) is 0 Å². The molecule has 1 heterocycles. The first-order chi connectivity index (χ1) is 14.3. The molecule has 1 aromatic rings. The molecule has 0 unspecified atom stereocenters. The number of amides is 2. The Bertz CT molecular complexity index is 766. The Labute approximate surface area is 175 Å². The minimum Gasteiger partial charge on any atom is -0.480 e. The van der Waals surface area contributed by atoms with Crippen LogP contribution in [0.5, 0.6) is 0 Å². The molecule has 1 aliphatic heterocycles. The molecule has 0 aliphatic carbocycles. The smallest absolute Gasteiger partial charge is 0.326 e. The van der Waals surface area contributed by atoms with Gasteiger partial charge in [-0.15, -0.1) is 0 Å². The van der Waals surface area contributed by atoms with Crippen LogP contribution in [-0.2, 0) is 14.4 Å². The summed E-state index contributed by atoms with van der Waals surface area (Å²) in [5, 5.41) is 15.0. The van der Waals surface area contributed by atoms with E-state index < -0.39 is 30.0 Å². The van der Waals surface area contributed by atoms with E-state index in [0.29, 0.717) is 25.8 Å². The molecular weight excluding hydrogens is 388 g/mol. The zero-order chi connectivity index (χ0) is 22.1. The molecule has 0 saturated carbocycles. The van der Waals surface area contributed by atoms with Gasteiger partial charge in [0.2, 0.25) is 11.8 Å². The van der Waals surface area contributed by atoms with Gasteiger partial charge in [0.1, 0.15) is 18.1 Å². The van der Waals surface area contributed by atoms with Crippen LogP contribution < -0.4 is 22.1 Å². The van der Waals surface area contributed by atoms with Gasteiger partial charge in [0.25, 0.3) is 0 Å². The van der Waals surface area contributed by atoms with Gasteiger partial charge in [-0.1, -0.05) is 30.3 Å². The fraction of sp³-hybridized carbons (Fsp3) is 0.500. The van der Waals surface area contributed by atoms with E-state index in [4.69, 9.17) is 11.5 Å². The number of nitrogens with two attached hydrogens (primary N) is 2. The maximum Gasteiger partial charge on any atom is 0.326 e. The zero-order valence-electron chi connectivity index (χ0n) is 17.1. The predicted molar refractivity (Wildman–Crippen MR) is 112 cm³/mol. The highest BCUT2D eigenvalue weighted by molar-refractivity contribution is 5.92. The molecule has 10 heteroatoms. The van der Waals surface area contributed by atoms with Crippen LogP contribution in [0, 0.1) is 0 Å². The summed E-state index contributed by atoms with van der Waals surface area (Å²) in [7, 11) is 1.69. The Morgan fingerprint density at radius 2 is 1.97 bits per heavy atom. The third-order valence-electron chi connectivity index (χ3n) is 5.07. The topological polar surface area (TPSA) is 163 Å². The number of carboxylic acid groups (broad SMARTS) is 1. The summed E-state index contributed by atoms with van der Waals surface area (Å²) in [5.41, 5.74) is 11.3. The number of benzene rings is 1. The fourth-order valence-corrected chi connectivity index (χ4v) is 3.58. The van der Waals surface area contributed by atoms with Crippen molar-refractivity contribution in [2.75, 3.05) is 20.1 Å². The number of carboxylic acids is 1. The molecule has 1 saturated heterocycles. The van der Waals surface area contributed by atoms with Gasteiger partial charge in [-0.05, 0) is 38.3 Å². The first-order valence-electron chi connectivity index (χ1n) is 9.96. The summed E-state index contributed by atoms with van der Waals surface area (Å²) < 4.78 is 0. The maximum absolute atomic E-state index is 13.1. The SMILES string of the molecule is CN[C@@H](C(=O)N1CCC[C@H]1C(=O)N[C@@H](CCCN=C(N)N)C(=O)O)c1ccccc1. The highest BCUT2D eigenvalue weighted by Gasteiger charge is 2.38. The molecule has 2 rings (SSSR count). The minimum atomic E-state index is -1.14. The van der Waals surface area contributed by atoms with Crippen LogP contribution in [0.15, 0.2) is 35.3 Å². The molecular formula is C20H30N6O4. The third kappa shape index (κ3) is 6.18. The number of guanidine groups is 1. The molecule has 7 N–H and O–H groups in total. The predicted octanol–water partition coefficient (Wildman–Crippen LogP) is -0.439. The number of carbonyl (C=O) groups excluding carboxylic acids is 2. The number of nitrogens with zero attached hydrogens (tertiary/aromatic N) is 2. The van der Waals surface area contributed by atoms with Crippen LogP contribution in [0.1, 0.15) is 37.3 Å². The fourth-order valence-electron chi connectivity index (χ4n) is 3.58. The number of aliphatic carboxylic acids is 1. The molecule has 164 valence electrons. The van der Waals surface area contributed by atoms with Crippen LogP contribution >= 0.6 is 0 Å². The minimum absolute atomic E-state index is 0.0662. The Hall–Kier alpha value is -3.14. The average molecular weight is 418 g/mol. The number of aliphatic imine (C=N–C) groups is 1. The lowest BCUT2D eigenvalue weighted by atomic mass is 10.0. The Morgan fingerprint density at radius 1 is 1.27 bits per heavy atom. The van der Waals surface area contributed by atoms with Crippen molar-refractivity contribution in [1.29, 1.82) is 0 Å². The van der Waals surface area contributed by atoms with E-state index >= 15 is 0 Å². The van der Waals surface area contributed by atoms with Crippen LogP contribution in [0.4, 0.5) is 0 Å². The standard InChI is InChI=1S/C20H30N6O4/c1-23-16(13-7-3-2-4-8-13)18(28)26-12-6-10-15(26)17(27)25-14(19(29)30)9-5-11-24-20(21)22/h2-4,7-8,14-16,23H,5-6,9-12H2,1H3,(H,25,27)(H,29,30)(H4,21,22,24)/t14-,15-,16+/m0/s1. The van der Waals surface area contributed by atoms with Crippen molar-refractivity contribution in [2.24, 2.45) is 16.5 Å². The highest BCUT2D eigenvalue weighted by Crippen LogP contribution is 2.23. The number of likely N-dealkylation sites (tertiary alicyclic amines) is 1. The second kappa shape index (κ2) is 11.1. The van der Waals surface area contributed by atoms with E-state index in [-0.39, 0.29) is 24.8 Å². The van der Waals surface area contributed by atoms with E-state index in [1.165, 1.54) is 4.90 Å². The van der Waals surface area contributed by atoms with Gasteiger partial charge in [-0.25, -0.2) is 4.79 Å². The molecule has 1 aromatic carbocycles. The largest absolute Gasteiger partial charge is 0.480 e. The summed E-state index contributed by atoms with van der Waals surface area (Å²) in [6.45, 7) is 0.723. The van der Waals surface area contributed by atoms with Gasteiger partial charge in [-0.3, -0.25) is 14.6 Å². The number of hydrogen-bond donors (Lipinski definition) is 5. The molecule has 0 spiro atoms. The Morgan fingerprint density at radius 3 is 2.57 bits per heavy atom. The summed E-state index contributed by atoms with van der Waals surface area (Å²) >= 11 is 0. The second-order valence-electron chi connectivity index (χ2n) is 7.17. The lowest BCUT2D eigenvalue weighted by molar-refractivity contribution is -0.144. The molecule has 0 radical (unpaired) electrons. The van der Waals surface area contributed by atoms with Crippen molar-refractivity contribution in [1.82, 2.24) is 15.5 Å². The number of hydrogen-bond acceptors (Lipinski definition) is 5. The summed E-state index contributed by atoms with van der Waals surface area (Å²) in [4.78, 5) is 42.8. The Balaban J connectivity index is 2.03. The zero-order valence-corrected chi connectivity index (χ0v) is 17.1. The summed E-state index contributed by atoms with van der Waals surface area (Å²) in [5.74, 6) is -1.87. The molecule has 30 heavy (non-hydrogen) atoms. The molecule has 1 fully saturated rings. The molecule has 1 aliphatic rings. The van der Waals surface area contributed by atoms with Crippen molar-refractivity contribution < 1.29 is 19.5 Å². The quantitative estimate of drug-likeness (QED) is 0.195. The van der Waals surface area contributed by atoms with Gasteiger partial charge in [0.15, 0.2) is 5.96 Å². The normalized spacial score (nSPS) is 17.8. The van der Waals surface area contributed by atoms with E-state index in [1.807, 2.05) is 30.3 Å². The molecule has 3 atom stereocenters. The van der Waals surface area contributed by atoms with Crippen LogP contribution in [0.25, 0.3) is 0 Å². The average Bonchev–Trinajstić information content (AvgIpc) is 3.21. The van der Waals surface area contributed by atoms with Crippen molar-refractivity contribution >= 4 is 23.7 Å². The molecule has 0 bridgehead atoms. The number of carbonyl (C=O) groups is 3. The first kappa shape index (κ1) is 23.1. The monoisotopic (exact) mass is 418 g/mol. The van der Waals surface area contributed by atoms with Gasteiger partial charge in [0.05, 0.1) is 0 Å². The van der Waals surface area contributed by atoms with Crippen molar-refractivity contribution in [3.8, 4) is 0 Å². The number of rotatable bonds is 10. The van der Waals surface area contributed by atoms with E-state index in [9.17, 15) is 19.5 Å². The van der Waals surface area contributed by atoms with Gasteiger partial charge >= 0.3 is 5.97 Å². The summed E-state index contributed by atoms with van der Waals surface area (Å²) in [6.07, 6.45) is 1.75. The third-order valence-corrected chi connectivity index (χ3v) is 5.07. The van der Waals surface area contributed by atoms with E-state index in [0.717, 1.165) is 5.56 Å². The highest BCUT2D eigenvalue weighted by atomic mass is 16.4. The first-order valence-corrected chi connectivity index (χ1v) is 9.96. The van der Waals surface area contributed by atoms with E-state index in [2.05, 4.69) is 15.6 Å². The number of nitrogens with one attached hydrogen (secondary N) is 2. The van der Waals surface area contributed by atoms with Gasteiger partial charge < -0.3 is 32.1 Å². The van der Waals surface area contributed by atoms with Crippen molar-refractivity contribution in [2.45, 2.75) is 43.8 Å². The summed E-state index contributed by atoms with van der Waals surface area (Å²) in [6, 6.07) is 6.92. The Kier molecular flexibility index (Phi) is 8.60. The van der Waals surface area contributed by atoms with Gasteiger partial charge in [-0.2, -0.15) is 0 Å². The lowest BCUT2D eigenvalue weighted by Crippen LogP contribution is -2.52. The molecule has 0 aromatic heterocycles. The van der Waals surface area contributed by atoms with Gasteiger partial charge in [0, 0.05) is 13.1 Å². The lowest BCUT2D eigenvalue weighted by Gasteiger charge is -2.29. The van der Waals surface area contributed by atoms with E-state index in [1.54, 1.807) is 7.05 Å². The van der Waals surface area contributed by atoms with Crippen LogP contribution in [0.3, 0.4) is 0 Å². The second-order valence-corrected chi connectivity index (χ2v) is 7.17. The molecule has 10 nitrogen and oxygen atoms in total. The maximum atomic E-state index is 13.1. The molecule has 2 amide bonds.